The van der Waals surface area contributed by atoms with Crippen molar-refractivity contribution < 1.29 is 8.42 Å². The van der Waals surface area contributed by atoms with E-state index in [2.05, 4.69) is 9.71 Å². The number of nitrogens with zero attached hydrogens (tertiary/aromatic N) is 1. The molecule has 2 rings (SSSR count). The van der Waals surface area contributed by atoms with Crippen LogP contribution in [-0.2, 0) is 10.0 Å². The molecule has 0 aliphatic heterocycles. The van der Waals surface area contributed by atoms with Gasteiger partial charge in [0.1, 0.15) is 5.82 Å². The third-order valence-electron chi connectivity index (χ3n) is 2.39. The van der Waals surface area contributed by atoms with E-state index < -0.39 is 10.0 Å². The van der Waals surface area contributed by atoms with E-state index in [0.717, 1.165) is 5.56 Å². The Morgan fingerprint density at radius 2 is 1.79 bits per heavy atom. The molecule has 0 unspecified atom stereocenters. The van der Waals surface area contributed by atoms with Gasteiger partial charge in [-0.05, 0) is 36.8 Å². The lowest BCUT2D eigenvalue weighted by atomic mass is 10.3. The van der Waals surface area contributed by atoms with Gasteiger partial charge in [0.2, 0.25) is 0 Å². The van der Waals surface area contributed by atoms with Crippen molar-refractivity contribution >= 4 is 39.0 Å². The van der Waals surface area contributed by atoms with E-state index in [-0.39, 0.29) is 20.8 Å². The quantitative estimate of drug-likeness (QED) is 0.942. The number of halogens is 2. The molecule has 0 fully saturated rings. The van der Waals surface area contributed by atoms with Gasteiger partial charge in [0.05, 0.1) is 4.90 Å². The molecule has 1 aromatic heterocycles. The van der Waals surface area contributed by atoms with E-state index in [1.54, 1.807) is 19.1 Å². The summed E-state index contributed by atoms with van der Waals surface area (Å²) in [5.74, 6) is 0.276. The Kier molecular flexibility index (Phi) is 3.99. The molecule has 0 saturated heterocycles. The molecule has 0 aliphatic rings. The summed E-state index contributed by atoms with van der Waals surface area (Å²) in [7, 11) is -3.76. The van der Waals surface area contributed by atoms with Gasteiger partial charge in [-0.3, -0.25) is 4.72 Å². The fourth-order valence-electron chi connectivity index (χ4n) is 1.46. The number of sulfonamides is 1. The lowest BCUT2D eigenvalue weighted by Gasteiger charge is -2.09. The summed E-state index contributed by atoms with van der Waals surface area (Å²) >= 11 is 11.6. The van der Waals surface area contributed by atoms with Crippen molar-refractivity contribution in [2.75, 3.05) is 4.72 Å². The van der Waals surface area contributed by atoms with Crippen LogP contribution in [0.3, 0.4) is 0 Å². The van der Waals surface area contributed by atoms with Gasteiger partial charge in [-0.15, -0.1) is 0 Å². The first-order chi connectivity index (χ1) is 8.88. The summed E-state index contributed by atoms with van der Waals surface area (Å²) in [5, 5.41) is 0.510. The first kappa shape index (κ1) is 14.1. The molecule has 100 valence electrons. The molecule has 0 saturated carbocycles. The van der Waals surface area contributed by atoms with Crippen molar-refractivity contribution in [1.82, 2.24) is 4.98 Å². The zero-order valence-corrected chi connectivity index (χ0v) is 12.2. The van der Waals surface area contributed by atoms with Crippen LogP contribution in [-0.4, -0.2) is 13.4 Å². The molecule has 0 amide bonds. The topological polar surface area (TPSA) is 59.1 Å². The first-order valence-electron chi connectivity index (χ1n) is 5.29. The number of nitrogens with one attached hydrogen (secondary N) is 1. The molecule has 1 heterocycles. The van der Waals surface area contributed by atoms with E-state index in [9.17, 15) is 8.42 Å². The smallest absolute Gasteiger partial charge is 0.263 e. The van der Waals surface area contributed by atoms with Crippen LogP contribution in [0, 0.1) is 6.92 Å². The first-order valence-corrected chi connectivity index (χ1v) is 7.53. The van der Waals surface area contributed by atoms with Gasteiger partial charge in [0.25, 0.3) is 10.0 Å². The average molecular weight is 317 g/mol. The zero-order valence-electron chi connectivity index (χ0n) is 9.89. The molecule has 1 N–H and O–H groups in total. The van der Waals surface area contributed by atoms with E-state index in [0.29, 0.717) is 0 Å². The van der Waals surface area contributed by atoms with Crippen molar-refractivity contribution in [1.29, 1.82) is 0 Å². The number of anilines is 1. The molecule has 0 bridgehead atoms. The standard InChI is InChI=1S/C12H10Cl2N2O2S/c1-8-3-2-4-15-12(8)16-19(17,18)11-6-9(13)5-10(14)7-11/h2-7H,1H3,(H,15,16). The van der Waals surface area contributed by atoms with Crippen molar-refractivity contribution in [3.05, 3.63) is 52.1 Å². The van der Waals surface area contributed by atoms with E-state index in [1.165, 1.54) is 24.4 Å². The number of aromatic nitrogens is 1. The summed E-state index contributed by atoms with van der Waals surface area (Å²) in [6, 6.07) is 7.61. The van der Waals surface area contributed by atoms with Crippen LogP contribution in [0.25, 0.3) is 0 Å². The van der Waals surface area contributed by atoms with Crippen LogP contribution in [0.4, 0.5) is 5.82 Å². The van der Waals surface area contributed by atoms with E-state index >= 15 is 0 Å². The summed E-state index contributed by atoms with van der Waals surface area (Å²) in [5.41, 5.74) is 0.721. The van der Waals surface area contributed by atoms with Gasteiger partial charge in [-0.25, -0.2) is 13.4 Å². The minimum Gasteiger partial charge on any atom is -0.263 e. The van der Waals surface area contributed by atoms with Crippen LogP contribution in [0.5, 0.6) is 0 Å². The minimum absolute atomic E-state index is 0.00458. The highest BCUT2D eigenvalue weighted by molar-refractivity contribution is 7.92. The van der Waals surface area contributed by atoms with Gasteiger partial charge in [-0.1, -0.05) is 29.3 Å². The fraction of sp³-hybridized carbons (Fsp3) is 0.0833. The predicted octanol–water partition coefficient (Wildman–Crippen LogP) is 3.50. The number of rotatable bonds is 3. The second-order valence-electron chi connectivity index (χ2n) is 3.88. The summed E-state index contributed by atoms with van der Waals surface area (Å²) in [6.07, 6.45) is 1.51. The summed E-state index contributed by atoms with van der Waals surface area (Å²) < 4.78 is 26.8. The van der Waals surface area contributed by atoms with Gasteiger partial charge in [-0.2, -0.15) is 0 Å². The molecular weight excluding hydrogens is 307 g/mol. The Morgan fingerprint density at radius 1 is 1.16 bits per heavy atom. The zero-order chi connectivity index (χ0) is 14.0. The Morgan fingerprint density at radius 3 is 2.37 bits per heavy atom. The maximum Gasteiger partial charge on any atom is 0.263 e. The third-order valence-corrected chi connectivity index (χ3v) is 4.14. The molecule has 0 atom stereocenters. The van der Waals surface area contributed by atoms with Crippen LogP contribution in [0.15, 0.2) is 41.4 Å². The SMILES string of the molecule is Cc1cccnc1NS(=O)(=O)c1cc(Cl)cc(Cl)c1. The lowest BCUT2D eigenvalue weighted by Crippen LogP contribution is -2.14. The van der Waals surface area contributed by atoms with Gasteiger partial charge >= 0.3 is 0 Å². The highest BCUT2D eigenvalue weighted by Gasteiger charge is 2.17. The largest absolute Gasteiger partial charge is 0.263 e. The number of pyridine rings is 1. The molecule has 0 aliphatic carbocycles. The van der Waals surface area contributed by atoms with Gasteiger partial charge < -0.3 is 0 Å². The number of hydrogen-bond donors (Lipinski definition) is 1. The van der Waals surface area contributed by atoms with Crippen molar-refractivity contribution in [2.24, 2.45) is 0 Å². The second-order valence-corrected chi connectivity index (χ2v) is 6.43. The molecule has 2 aromatic rings. The van der Waals surface area contributed by atoms with Crippen LogP contribution in [0.2, 0.25) is 10.0 Å². The number of aryl methyl sites for hydroxylation is 1. The van der Waals surface area contributed by atoms with Crippen molar-refractivity contribution in [2.45, 2.75) is 11.8 Å². The summed E-state index contributed by atoms with van der Waals surface area (Å²) in [4.78, 5) is 3.97. The molecule has 4 nitrogen and oxygen atoms in total. The highest BCUT2D eigenvalue weighted by Crippen LogP contribution is 2.24. The molecule has 19 heavy (non-hydrogen) atoms. The molecule has 0 spiro atoms. The van der Waals surface area contributed by atoms with Gasteiger partial charge in [0.15, 0.2) is 0 Å². The number of benzene rings is 1. The maximum atomic E-state index is 12.2. The normalized spacial score (nSPS) is 11.3. The Labute approximate surface area is 121 Å². The fourth-order valence-corrected chi connectivity index (χ4v) is 3.27. The second kappa shape index (κ2) is 5.36. The maximum absolute atomic E-state index is 12.2. The van der Waals surface area contributed by atoms with E-state index in [4.69, 9.17) is 23.2 Å². The van der Waals surface area contributed by atoms with E-state index in [1.807, 2.05) is 0 Å². The predicted molar refractivity (Wildman–Crippen MR) is 76.2 cm³/mol. The lowest BCUT2D eigenvalue weighted by molar-refractivity contribution is 0.601. The van der Waals surface area contributed by atoms with Gasteiger partial charge in [0, 0.05) is 16.2 Å². The molecule has 7 heteroatoms. The Bertz CT molecular complexity index is 697. The third kappa shape index (κ3) is 3.37. The van der Waals surface area contributed by atoms with Crippen LogP contribution in [0.1, 0.15) is 5.56 Å². The van der Waals surface area contributed by atoms with Crippen LogP contribution >= 0.6 is 23.2 Å². The summed E-state index contributed by atoms with van der Waals surface area (Å²) in [6.45, 7) is 1.76. The minimum atomic E-state index is -3.76. The highest BCUT2D eigenvalue weighted by atomic mass is 35.5. The average Bonchev–Trinajstić information content (AvgIpc) is 2.31. The van der Waals surface area contributed by atoms with Crippen molar-refractivity contribution in [3.63, 3.8) is 0 Å². The Hall–Kier alpha value is -1.30. The molecular formula is C12H10Cl2N2O2S. The molecule has 1 aromatic carbocycles. The number of hydrogen-bond acceptors (Lipinski definition) is 3. The van der Waals surface area contributed by atoms with Crippen LogP contribution < -0.4 is 4.72 Å². The monoisotopic (exact) mass is 316 g/mol. The molecule has 0 radical (unpaired) electrons. The Balaban J connectivity index is 2.41. The van der Waals surface area contributed by atoms with Crippen molar-refractivity contribution in [3.8, 4) is 0 Å².